The molecular formula is C18H25N5O. The predicted molar refractivity (Wildman–Crippen MR) is 92.3 cm³/mol. The third-order valence-corrected chi connectivity index (χ3v) is 4.89. The number of aromatic nitrogens is 4. The summed E-state index contributed by atoms with van der Waals surface area (Å²) >= 11 is 0. The number of piperidine rings is 1. The van der Waals surface area contributed by atoms with Crippen molar-refractivity contribution in [2.45, 2.75) is 39.5 Å². The third-order valence-electron chi connectivity index (χ3n) is 4.89. The van der Waals surface area contributed by atoms with Crippen LogP contribution >= 0.6 is 0 Å². The summed E-state index contributed by atoms with van der Waals surface area (Å²) in [5.41, 5.74) is 2.89. The van der Waals surface area contributed by atoms with Gasteiger partial charge in [0.2, 0.25) is 5.91 Å². The van der Waals surface area contributed by atoms with E-state index in [1.807, 2.05) is 36.6 Å². The lowest BCUT2D eigenvalue weighted by Gasteiger charge is -2.32. The minimum atomic E-state index is 0.251. The van der Waals surface area contributed by atoms with Gasteiger partial charge in [-0.15, -0.1) is 0 Å². The highest BCUT2D eigenvalue weighted by molar-refractivity contribution is 5.75. The summed E-state index contributed by atoms with van der Waals surface area (Å²) < 4.78 is 2.04. The molecule has 0 N–H and O–H groups in total. The standard InChI is InChI=1S/C18H25N5O/c1-4-17(24)23-9-5-6-14(12-23)10-15-18(20-8-7-19-15)16-11-21-13(2)22(16)3/h7-8,11,14H,4-6,9-10,12H2,1-3H3/t14-/m1/s1. The molecule has 3 heterocycles. The maximum atomic E-state index is 12.0. The molecule has 0 bridgehead atoms. The van der Waals surface area contributed by atoms with Gasteiger partial charge in [-0.3, -0.25) is 14.8 Å². The molecule has 0 aromatic carbocycles. The van der Waals surface area contributed by atoms with E-state index in [1.54, 1.807) is 12.4 Å². The summed E-state index contributed by atoms with van der Waals surface area (Å²) in [7, 11) is 2.00. The van der Waals surface area contributed by atoms with Crippen LogP contribution < -0.4 is 0 Å². The Hall–Kier alpha value is -2.24. The van der Waals surface area contributed by atoms with E-state index < -0.39 is 0 Å². The van der Waals surface area contributed by atoms with Crippen LogP contribution in [0.1, 0.15) is 37.7 Å². The molecular weight excluding hydrogens is 302 g/mol. The van der Waals surface area contributed by atoms with Crippen LogP contribution in [0.5, 0.6) is 0 Å². The smallest absolute Gasteiger partial charge is 0.222 e. The lowest BCUT2D eigenvalue weighted by Crippen LogP contribution is -2.40. The molecule has 6 nitrogen and oxygen atoms in total. The first-order valence-corrected chi connectivity index (χ1v) is 8.66. The molecule has 1 fully saturated rings. The van der Waals surface area contributed by atoms with Crippen LogP contribution in [-0.2, 0) is 18.3 Å². The van der Waals surface area contributed by atoms with Crippen LogP contribution in [0.4, 0.5) is 0 Å². The van der Waals surface area contributed by atoms with Crippen molar-refractivity contribution in [1.29, 1.82) is 0 Å². The summed E-state index contributed by atoms with van der Waals surface area (Å²) in [4.78, 5) is 27.5. The number of amides is 1. The molecule has 2 aromatic rings. The lowest BCUT2D eigenvalue weighted by atomic mass is 9.92. The first-order chi connectivity index (χ1) is 11.6. The Balaban J connectivity index is 1.81. The minimum absolute atomic E-state index is 0.251. The highest BCUT2D eigenvalue weighted by Gasteiger charge is 2.25. The molecule has 0 saturated carbocycles. The van der Waals surface area contributed by atoms with Gasteiger partial charge in [0.1, 0.15) is 11.5 Å². The zero-order chi connectivity index (χ0) is 17.1. The number of hydrogen-bond acceptors (Lipinski definition) is 4. The largest absolute Gasteiger partial charge is 0.342 e. The molecule has 1 atom stereocenters. The summed E-state index contributed by atoms with van der Waals surface area (Å²) in [6.07, 6.45) is 8.97. The zero-order valence-corrected chi connectivity index (χ0v) is 14.7. The first kappa shape index (κ1) is 16.6. The molecule has 0 unspecified atom stereocenters. The highest BCUT2D eigenvalue weighted by atomic mass is 16.2. The van der Waals surface area contributed by atoms with E-state index in [0.717, 1.165) is 55.3 Å². The van der Waals surface area contributed by atoms with Gasteiger partial charge >= 0.3 is 0 Å². The van der Waals surface area contributed by atoms with Crippen LogP contribution in [0.25, 0.3) is 11.4 Å². The molecule has 1 amide bonds. The van der Waals surface area contributed by atoms with Gasteiger partial charge in [0.15, 0.2) is 0 Å². The summed E-state index contributed by atoms with van der Waals surface area (Å²) in [5, 5.41) is 0. The van der Waals surface area contributed by atoms with Gasteiger partial charge in [-0.1, -0.05) is 6.92 Å². The topological polar surface area (TPSA) is 63.9 Å². The number of likely N-dealkylation sites (tertiary alicyclic amines) is 1. The Morgan fingerprint density at radius 1 is 1.29 bits per heavy atom. The van der Waals surface area contributed by atoms with E-state index in [4.69, 9.17) is 0 Å². The van der Waals surface area contributed by atoms with Crippen molar-refractivity contribution in [3.05, 3.63) is 30.1 Å². The van der Waals surface area contributed by atoms with Crippen molar-refractivity contribution >= 4 is 5.91 Å². The van der Waals surface area contributed by atoms with E-state index in [-0.39, 0.29) is 5.91 Å². The molecule has 128 valence electrons. The van der Waals surface area contributed by atoms with Gasteiger partial charge in [0, 0.05) is 39.0 Å². The van der Waals surface area contributed by atoms with Gasteiger partial charge in [0.05, 0.1) is 17.6 Å². The van der Waals surface area contributed by atoms with Gasteiger partial charge in [-0.25, -0.2) is 4.98 Å². The van der Waals surface area contributed by atoms with E-state index in [9.17, 15) is 4.79 Å². The Bertz CT molecular complexity index is 724. The van der Waals surface area contributed by atoms with E-state index in [0.29, 0.717) is 12.3 Å². The minimum Gasteiger partial charge on any atom is -0.342 e. The zero-order valence-electron chi connectivity index (χ0n) is 14.7. The van der Waals surface area contributed by atoms with Gasteiger partial charge in [0.25, 0.3) is 0 Å². The maximum Gasteiger partial charge on any atom is 0.222 e. The number of nitrogens with zero attached hydrogens (tertiary/aromatic N) is 5. The molecule has 2 aromatic heterocycles. The Morgan fingerprint density at radius 3 is 2.79 bits per heavy atom. The van der Waals surface area contributed by atoms with E-state index in [1.165, 1.54) is 0 Å². The molecule has 3 rings (SSSR count). The Kier molecular flexibility index (Phi) is 4.92. The second-order valence-electron chi connectivity index (χ2n) is 6.51. The molecule has 0 radical (unpaired) electrons. The van der Waals surface area contributed by atoms with E-state index >= 15 is 0 Å². The molecule has 6 heteroatoms. The molecule has 24 heavy (non-hydrogen) atoms. The average molecular weight is 327 g/mol. The molecule has 1 aliphatic rings. The monoisotopic (exact) mass is 327 g/mol. The second kappa shape index (κ2) is 7.11. The summed E-state index contributed by atoms with van der Waals surface area (Å²) in [6.45, 7) is 5.62. The van der Waals surface area contributed by atoms with Crippen LogP contribution in [0.2, 0.25) is 0 Å². The molecule has 0 spiro atoms. The lowest BCUT2D eigenvalue weighted by molar-refractivity contribution is -0.132. The van der Waals surface area contributed by atoms with E-state index in [2.05, 4.69) is 15.0 Å². The third kappa shape index (κ3) is 3.32. The number of carbonyl (C=O) groups excluding carboxylic acids is 1. The number of hydrogen-bond donors (Lipinski definition) is 0. The van der Waals surface area contributed by atoms with Crippen molar-refractivity contribution in [3.8, 4) is 11.4 Å². The fourth-order valence-corrected chi connectivity index (χ4v) is 3.41. The summed E-state index contributed by atoms with van der Waals surface area (Å²) in [5.74, 6) is 1.65. The van der Waals surface area contributed by atoms with Gasteiger partial charge in [-0.05, 0) is 32.1 Å². The molecule has 1 saturated heterocycles. The number of carbonyl (C=O) groups is 1. The van der Waals surface area contributed by atoms with Crippen LogP contribution in [-0.4, -0.2) is 43.4 Å². The van der Waals surface area contributed by atoms with Gasteiger partial charge < -0.3 is 9.47 Å². The molecule has 0 aliphatic carbocycles. The van der Waals surface area contributed by atoms with Crippen molar-refractivity contribution in [1.82, 2.24) is 24.4 Å². The normalized spacial score (nSPS) is 18.0. The number of aryl methyl sites for hydroxylation is 1. The Morgan fingerprint density at radius 2 is 2.08 bits per heavy atom. The second-order valence-corrected chi connectivity index (χ2v) is 6.51. The quantitative estimate of drug-likeness (QED) is 0.865. The van der Waals surface area contributed by atoms with Crippen LogP contribution in [0.3, 0.4) is 0 Å². The van der Waals surface area contributed by atoms with Gasteiger partial charge in [-0.2, -0.15) is 0 Å². The maximum absolute atomic E-state index is 12.0. The Labute approximate surface area is 142 Å². The fourth-order valence-electron chi connectivity index (χ4n) is 3.41. The van der Waals surface area contributed by atoms with Crippen molar-refractivity contribution in [3.63, 3.8) is 0 Å². The average Bonchev–Trinajstić information content (AvgIpc) is 2.94. The first-order valence-electron chi connectivity index (χ1n) is 8.66. The van der Waals surface area contributed by atoms with Crippen molar-refractivity contribution in [2.75, 3.05) is 13.1 Å². The highest BCUT2D eigenvalue weighted by Crippen LogP contribution is 2.26. The predicted octanol–water partition coefficient (Wildman–Crippen LogP) is 2.38. The van der Waals surface area contributed by atoms with Crippen LogP contribution in [0, 0.1) is 12.8 Å². The number of rotatable bonds is 4. The summed E-state index contributed by atoms with van der Waals surface area (Å²) in [6, 6.07) is 0. The SMILES string of the molecule is CCC(=O)N1CCC[C@H](Cc2nccnc2-c2cnc(C)n2C)C1. The fraction of sp³-hybridized carbons (Fsp3) is 0.556. The van der Waals surface area contributed by atoms with Crippen molar-refractivity contribution in [2.24, 2.45) is 13.0 Å². The molecule has 1 aliphatic heterocycles. The van der Waals surface area contributed by atoms with Crippen LogP contribution in [0.15, 0.2) is 18.6 Å². The number of imidazole rings is 1. The van der Waals surface area contributed by atoms with Crippen molar-refractivity contribution < 1.29 is 4.79 Å².